The minimum absolute atomic E-state index is 0.0658. The molecule has 3 N–H and O–H groups in total. The fourth-order valence-electron chi connectivity index (χ4n) is 3.03. The number of amides is 1. The minimum atomic E-state index is -3.19. The molecule has 1 aliphatic carbocycles. The highest BCUT2D eigenvalue weighted by Gasteiger charge is 2.41. The van der Waals surface area contributed by atoms with E-state index in [9.17, 15) is 13.2 Å². The van der Waals surface area contributed by atoms with E-state index in [1.807, 2.05) is 6.92 Å². The van der Waals surface area contributed by atoms with Crippen LogP contribution in [0, 0.1) is 5.41 Å². The van der Waals surface area contributed by atoms with Crippen molar-refractivity contribution in [2.24, 2.45) is 10.4 Å². The van der Waals surface area contributed by atoms with Gasteiger partial charge < -0.3 is 15.5 Å². The molecular weight excluding hydrogens is 342 g/mol. The molecule has 1 aliphatic rings. The Hall–Kier alpha value is -1.35. The van der Waals surface area contributed by atoms with Crippen molar-refractivity contribution in [2.45, 2.75) is 39.5 Å². The molecule has 0 heterocycles. The Bertz CT molecular complexity index is 554. The lowest BCUT2D eigenvalue weighted by Gasteiger charge is -2.29. The van der Waals surface area contributed by atoms with Crippen LogP contribution in [0.25, 0.3) is 0 Å². The zero-order valence-electron chi connectivity index (χ0n) is 15.9. The normalized spacial score (nSPS) is 17.4. The number of hydrogen-bond donors (Lipinski definition) is 3. The van der Waals surface area contributed by atoms with Crippen LogP contribution in [-0.2, 0) is 14.8 Å². The molecule has 0 atom stereocenters. The van der Waals surface area contributed by atoms with E-state index in [1.54, 1.807) is 25.9 Å². The summed E-state index contributed by atoms with van der Waals surface area (Å²) in [6.45, 7) is 5.43. The molecule has 0 saturated heterocycles. The number of carbonyl (C=O) groups is 1. The van der Waals surface area contributed by atoms with E-state index in [0.717, 1.165) is 25.7 Å². The summed E-state index contributed by atoms with van der Waals surface area (Å²) in [6, 6.07) is 0. The lowest BCUT2D eigenvalue weighted by atomic mass is 9.85. The van der Waals surface area contributed by atoms with Gasteiger partial charge >= 0.3 is 0 Å². The third-order valence-electron chi connectivity index (χ3n) is 4.42. The van der Waals surface area contributed by atoms with Gasteiger partial charge in [-0.1, -0.05) is 12.8 Å². The molecule has 0 aromatic carbocycles. The van der Waals surface area contributed by atoms with E-state index in [-0.39, 0.29) is 11.7 Å². The van der Waals surface area contributed by atoms with E-state index in [1.165, 1.54) is 0 Å². The molecule has 0 spiro atoms. The van der Waals surface area contributed by atoms with Gasteiger partial charge in [0.25, 0.3) is 0 Å². The number of guanidine groups is 1. The fraction of sp³-hybridized carbons (Fsp3) is 0.875. The Morgan fingerprint density at radius 3 is 2.28 bits per heavy atom. The topological polar surface area (TPSA) is 103 Å². The van der Waals surface area contributed by atoms with E-state index in [0.29, 0.717) is 32.1 Å². The molecule has 146 valence electrons. The summed E-state index contributed by atoms with van der Waals surface area (Å²) >= 11 is 0. The first-order valence-electron chi connectivity index (χ1n) is 8.97. The van der Waals surface area contributed by atoms with Gasteiger partial charge in [-0.15, -0.1) is 0 Å². The third kappa shape index (κ3) is 6.81. The van der Waals surface area contributed by atoms with Crippen molar-refractivity contribution < 1.29 is 13.2 Å². The van der Waals surface area contributed by atoms with Crippen LogP contribution in [0.4, 0.5) is 0 Å². The molecule has 0 aromatic heterocycles. The van der Waals surface area contributed by atoms with Crippen LogP contribution < -0.4 is 15.4 Å². The molecule has 9 heteroatoms. The molecule has 0 unspecified atom stereocenters. The standard InChI is InChI=1S/C16H33N5O3S/c1-5-17-15(18-11-12-20-25(23,24)6-2)19-13-16(9-7-8-10-16)14(22)21(3)4/h20H,5-13H2,1-4H3,(H2,17,18,19). The molecule has 0 aromatic rings. The van der Waals surface area contributed by atoms with Crippen molar-refractivity contribution >= 4 is 21.9 Å². The average Bonchev–Trinajstić information content (AvgIpc) is 3.05. The lowest BCUT2D eigenvalue weighted by molar-refractivity contribution is -0.138. The molecule has 0 aliphatic heterocycles. The molecule has 8 nitrogen and oxygen atoms in total. The summed E-state index contributed by atoms with van der Waals surface area (Å²) < 4.78 is 25.4. The number of hydrogen-bond acceptors (Lipinski definition) is 4. The predicted molar refractivity (Wildman–Crippen MR) is 101 cm³/mol. The van der Waals surface area contributed by atoms with Gasteiger partial charge in [-0.25, -0.2) is 13.1 Å². The fourth-order valence-corrected chi connectivity index (χ4v) is 3.64. The van der Waals surface area contributed by atoms with Gasteiger partial charge in [-0.05, 0) is 26.7 Å². The highest BCUT2D eigenvalue weighted by Crippen LogP contribution is 2.39. The van der Waals surface area contributed by atoms with Gasteiger partial charge in [-0.3, -0.25) is 9.79 Å². The highest BCUT2D eigenvalue weighted by molar-refractivity contribution is 7.89. The second-order valence-corrected chi connectivity index (χ2v) is 8.70. The first-order valence-corrected chi connectivity index (χ1v) is 10.6. The maximum Gasteiger partial charge on any atom is 0.230 e. The summed E-state index contributed by atoms with van der Waals surface area (Å²) in [7, 11) is 0.388. The summed E-state index contributed by atoms with van der Waals surface area (Å²) in [5, 5.41) is 6.25. The maximum atomic E-state index is 12.6. The van der Waals surface area contributed by atoms with Crippen LogP contribution in [0.2, 0.25) is 0 Å². The van der Waals surface area contributed by atoms with Crippen LogP contribution in [0.1, 0.15) is 39.5 Å². The van der Waals surface area contributed by atoms with Crippen LogP contribution in [0.3, 0.4) is 0 Å². The lowest BCUT2D eigenvalue weighted by Crippen LogP contribution is -2.44. The minimum Gasteiger partial charge on any atom is -0.357 e. The smallest absolute Gasteiger partial charge is 0.230 e. The summed E-state index contributed by atoms with van der Waals surface area (Å²) in [5.41, 5.74) is -0.407. The number of nitrogens with one attached hydrogen (secondary N) is 3. The maximum absolute atomic E-state index is 12.6. The van der Waals surface area contributed by atoms with Crippen molar-refractivity contribution in [3.8, 4) is 0 Å². The number of aliphatic imine (C=N–C) groups is 1. The Morgan fingerprint density at radius 1 is 1.12 bits per heavy atom. The average molecular weight is 376 g/mol. The predicted octanol–water partition coefficient (Wildman–Crippen LogP) is 0.129. The van der Waals surface area contributed by atoms with Crippen molar-refractivity contribution in [3.63, 3.8) is 0 Å². The van der Waals surface area contributed by atoms with Gasteiger partial charge in [0.2, 0.25) is 15.9 Å². The molecule has 1 fully saturated rings. The first-order chi connectivity index (χ1) is 11.8. The van der Waals surface area contributed by atoms with Gasteiger partial charge in [0.15, 0.2) is 5.96 Å². The van der Waals surface area contributed by atoms with Crippen molar-refractivity contribution in [2.75, 3.05) is 46.0 Å². The molecular formula is C16H33N5O3S. The molecule has 1 saturated carbocycles. The summed E-state index contributed by atoms with van der Waals surface area (Å²) in [4.78, 5) is 18.8. The highest BCUT2D eigenvalue weighted by atomic mass is 32.2. The number of sulfonamides is 1. The molecule has 1 amide bonds. The second kappa shape index (κ2) is 9.96. The van der Waals surface area contributed by atoms with Gasteiger partial charge in [0.05, 0.1) is 17.7 Å². The Labute approximate surface area is 151 Å². The van der Waals surface area contributed by atoms with Gasteiger partial charge in [-0.2, -0.15) is 0 Å². The largest absolute Gasteiger partial charge is 0.357 e. The number of rotatable bonds is 9. The van der Waals surface area contributed by atoms with Crippen molar-refractivity contribution in [1.82, 2.24) is 20.3 Å². The summed E-state index contributed by atoms with van der Waals surface area (Å²) in [6.07, 6.45) is 3.84. The quantitative estimate of drug-likeness (QED) is 0.302. The molecule has 1 rings (SSSR count). The van der Waals surface area contributed by atoms with E-state index < -0.39 is 15.4 Å². The van der Waals surface area contributed by atoms with E-state index in [4.69, 9.17) is 0 Å². The molecule has 0 radical (unpaired) electrons. The van der Waals surface area contributed by atoms with Gasteiger partial charge in [0, 0.05) is 33.7 Å². The number of carbonyl (C=O) groups excluding carboxylic acids is 1. The second-order valence-electron chi connectivity index (χ2n) is 6.61. The zero-order chi connectivity index (χ0) is 18.9. The van der Waals surface area contributed by atoms with Crippen LogP contribution in [0.5, 0.6) is 0 Å². The van der Waals surface area contributed by atoms with Crippen LogP contribution in [0.15, 0.2) is 4.99 Å². The first kappa shape index (κ1) is 21.7. The monoisotopic (exact) mass is 375 g/mol. The third-order valence-corrected chi connectivity index (χ3v) is 5.83. The van der Waals surface area contributed by atoms with E-state index in [2.05, 4.69) is 20.3 Å². The Kier molecular flexibility index (Phi) is 8.64. The van der Waals surface area contributed by atoms with Crippen molar-refractivity contribution in [1.29, 1.82) is 0 Å². The van der Waals surface area contributed by atoms with Gasteiger partial charge in [0.1, 0.15) is 0 Å². The summed E-state index contributed by atoms with van der Waals surface area (Å²) in [5.74, 6) is 0.812. The van der Waals surface area contributed by atoms with Crippen LogP contribution >= 0.6 is 0 Å². The van der Waals surface area contributed by atoms with E-state index >= 15 is 0 Å². The number of nitrogens with zero attached hydrogens (tertiary/aromatic N) is 2. The zero-order valence-corrected chi connectivity index (χ0v) is 16.7. The Balaban J connectivity index is 2.65. The Morgan fingerprint density at radius 2 is 1.76 bits per heavy atom. The SMILES string of the molecule is CCNC(=NCC1(C(=O)N(C)C)CCCC1)NCCNS(=O)(=O)CC. The molecule has 25 heavy (non-hydrogen) atoms. The van der Waals surface area contributed by atoms with Crippen LogP contribution in [-0.4, -0.2) is 71.2 Å². The molecule has 0 bridgehead atoms. The van der Waals surface area contributed by atoms with Crippen molar-refractivity contribution in [3.05, 3.63) is 0 Å².